The minimum atomic E-state index is -1.02. The van der Waals surface area contributed by atoms with Crippen molar-refractivity contribution in [3.05, 3.63) is 29.1 Å². The zero-order chi connectivity index (χ0) is 13.0. The topological polar surface area (TPSA) is 52.6 Å². The lowest BCUT2D eigenvalue weighted by Crippen LogP contribution is -2.18. The Kier molecular flexibility index (Phi) is 4.20. The first-order chi connectivity index (χ1) is 8.01. The van der Waals surface area contributed by atoms with Gasteiger partial charge in [-0.1, -0.05) is 0 Å². The maximum absolute atomic E-state index is 13.3. The van der Waals surface area contributed by atoms with Crippen LogP contribution in [-0.4, -0.2) is 25.5 Å². The van der Waals surface area contributed by atoms with Crippen molar-refractivity contribution in [2.75, 3.05) is 13.7 Å². The Bertz CT molecular complexity index is 454. The second-order valence-corrected chi connectivity index (χ2v) is 3.35. The predicted molar refractivity (Wildman–Crippen MR) is 58.7 cm³/mol. The number of esters is 1. The minimum absolute atomic E-state index is 0.0846. The van der Waals surface area contributed by atoms with Gasteiger partial charge in [-0.15, -0.1) is 0 Å². The summed E-state index contributed by atoms with van der Waals surface area (Å²) in [5.74, 6) is -2.35. The molecule has 5 heteroatoms. The van der Waals surface area contributed by atoms with E-state index in [1.165, 1.54) is 20.1 Å². The molecule has 0 fully saturated rings. The van der Waals surface area contributed by atoms with Gasteiger partial charge in [0.25, 0.3) is 5.78 Å². The highest BCUT2D eigenvalue weighted by Crippen LogP contribution is 2.23. The number of benzene rings is 1. The molecule has 0 aliphatic heterocycles. The first kappa shape index (κ1) is 13.2. The smallest absolute Gasteiger partial charge is 0.379 e. The second kappa shape index (κ2) is 5.43. The molecule has 0 atom stereocenters. The minimum Gasteiger partial charge on any atom is -0.496 e. The van der Waals surface area contributed by atoms with Crippen molar-refractivity contribution >= 4 is 11.8 Å². The van der Waals surface area contributed by atoms with Crippen molar-refractivity contribution in [1.82, 2.24) is 0 Å². The van der Waals surface area contributed by atoms with Gasteiger partial charge >= 0.3 is 5.97 Å². The summed E-state index contributed by atoms with van der Waals surface area (Å²) in [6, 6.07) is 2.34. The van der Waals surface area contributed by atoms with Crippen molar-refractivity contribution in [2.24, 2.45) is 0 Å². The standard InChI is InChI=1S/C12H13FO4/c1-4-17-12(15)11(14)8-6-9(13)7(2)5-10(8)16-3/h5-6H,4H2,1-3H3. The van der Waals surface area contributed by atoms with Crippen LogP contribution in [0.15, 0.2) is 12.1 Å². The normalized spacial score (nSPS) is 9.88. The van der Waals surface area contributed by atoms with Crippen molar-refractivity contribution < 1.29 is 23.5 Å². The van der Waals surface area contributed by atoms with Crippen LogP contribution in [-0.2, 0) is 9.53 Å². The quantitative estimate of drug-likeness (QED) is 0.458. The molecule has 1 rings (SSSR count). The molecule has 0 N–H and O–H groups in total. The highest BCUT2D eigenvalue weighted by Gasteiger charge is 2.22. The number of Topliss-reactive ketones (excluding diaryl/α,β-unsaturated/α-hetero) is 1. The van der Waals surface area contributed by atoms with Gasteiger partial charge in [0.05, 0.1) is 19.3 Å². The number of aryl methyl sites for hydroxylation is 1. The first-order valence-electron chi connectivity index (χ1n) is 5.06. The van der Waals surface area contributed by atoms with Gasteiger partial charge in [0.15, 0.2) is 0 Å². The number of ketones is 1. The van der Waals surface area contributed by atoms with Gasteiger partial charge in [0.1, 0.15) is 11.6 Å². The predicted octanol–water partition coefficient (Wildman–Crippen LogP) is 1.89. The first-order valence-corrected chi connectivity index (χ1v) is 5.06. The van der Waals surface area contributed by atoms with E-state index in [1.54, 1.807) is 6.92 Å². The summed E-state index contributed by atoms with van der Waals surface area (Å²) in [7, 11) is 1.34. The van der Waals surface area contributed by atoms with E-state index in [9.17, 15) is 14.0 Å². The van der Waals surface area contributed by atoms with E-state index in [1.807, 2.05) is 0 Å². The molecule has 92 valence electrons. The van der Waals surface area contributed by atoms with Gasteiger partial charge in [-0.05, 0) is 31.5 Å². The molecular weight excluding hydrogens is 227 g/mol. The van der Waals surface area contributed by atoms with E-state index in [0.29, 0.717) is 5.56 Å². The third-order valence-electron chi connectivity index (χ3n) is 2.19. The number of ether oxygens (including phenoxy) is 2. The van der Waals surface area contributed by atoms with E-state index in [4.69, 9.17) is 4.74 Å². The number of methoxy groups -OCH3 is 1. The summed E-state index contributed by atoms with van der Waals surface area (Å²) < 4.78 is 22.8. The Balaban J connectivity index is 3.16. The zero-order valence-electron chi connectivity index (χ0n) is 9.87. The molecule has 0 saturated heterocycles. The third-order valence-corrected chi connectivity index (χ3v) is 2.19. The lowest BCUT2D eigenvalue weighted by molar-refractivity contribution is -0.137. The van der Waals surface area contributed by atoms with Gasteiger partial charge < -0.3 is 9.47 Å². The number of hydrogen-bond donors (Lipinski definition) is 0. The van der Waals surface area contributed by atoms with Crippen LogP contribution in [0.2, 0.25) is 0 Å². The van der Waals surface area contributed by atoms with Crippen LogP contribution in [0.5, 0.6) is 5.75 Å². The average Bonchev–Trinajstić information content (AvgIpc) is 2.31. The van der Waals surface area contributed by atoms with Crippen LogP contribution < -0.4 is 4.74 Å². The third kappa shape index (κ3) is 2.81. The summed E-state index contributed by atoms with van der Waals surface area (Å²) in [4.78, 5) is 22.9. The molecule has 0 bridgehead atoms. The van der Waals surface area contributed by atoms with Crippen LogP contribution in [0.4, 0.5) is 4.39 Å². The Morgan fingerprint density at radius 1 is 1.35 bits per heavy atom. The SMILES string of the molecule is CCOC(=O)C(=O)c1cc(F)c(C)cc1OC. The van der Waals surface area contributed by atoms with Crippen LogP contribution in [0.25, 0.3) is 0 Å². The molecule has 0 saturated carbocycles. The number of hydrogen-bond acceptors (Lipinski definition) is 4. The maximum Gasteiger partial charge on any atom is 0.379 e. The summed E-state index contributed by atoms with van der Waals surface area (Å²) in [5.41, 5.74) is 0.205. The van der Waals surface area contributed by atoms with E-state index >= 15 is 0 Å². The number of halogens is 1. The molecule has 17 heavy (non-hydrogen) atoms. The van der Waals surface area contributed by atoms with Crippen LogP contribution in [0.1, 0.15) is 22.8 Å². The molecule has 0 radical (unpaired) electrons. The molecule has 0 spiro atoms. The molecule has 1 aromatic carbocycles. The second-order valence-electron chi connectivity index (χ2n) is 3.35. The van der Waals surface area contributed by atoms with Crippen molar-refractivity contribution in [3.8, 4) is 5.75 Å². The lowest BCUT2D eigenvalue weighted by atomic mass is 10.1. The fraction of sp³-hybridized carbons (Fsp3) is 0.333. The molecule has 4 nitrogen and oxygen atoms in total. The Morgan fingerprint density at radius 2 is 2.00 bits per heavy atom. The summed E-state index contributed by atoms with van der Waals surface area (Å²) in [5, 5.41) is 0. The lowest BCUT2D eigenvalue weighted by Gasteiger charge is -2.08. The van der Waals surface area contributed by atoms with E-state index < -0.39 is 17.6 Å². The molecular formula is C12H13FO4. The Labute approximate surface area is 98.3 Å². The number of rotatable bonds is 4. The van der Waals surface area contributed by atoms with Gasteiger partial charge in [0.2, 0.25) is 0 Å². The average molecular weight is 240 g/mol. The van der Waals surface area contributed by atoms with Gasteiger partial charge in [-0.3, -0.25) is 4.79 Å². The summed E-state index contributed by atoms with van der Waals surface area (Å²) in [6.07, 6.45) is 0. The van der Waals surface area contributed by atoms with E-state index in [2.05, 4.69) is 4.74 Å². The molecule has 1 aromatic rings. The fourth-order valence-corrected chi connectivity index (χ4v) is 1.31. The molecule has 0 aromatic heterocycles. The van der Waals surface area contributed by atoms with Crippen molar-refractivity contribution in [2.45, 2.75) is 13.8 Å². The summed E-state index contributed by atoms with van der Waals surface area (Å²) in [6.45, 7) is 3.20. The van der Waals surface area contributed by atoms with Crippen LogP contribution in [0, 0.1) is 12.7 Å². The van der Waals surface area contributed by atoms with Crippen LogP contribution >= 0.6 is 0 Å². The Hall–Kier alpha value is -1.91. The molecule has 0 aliphatic carbocycles. The molecule has 0 aliphatic rings. The molecule has 0 heterocycles. The summed E-state index contributed by atoms with van der Waals surface area (Å²) >= 11 is 0. The Morgan fingerprint density at radius 3 is 2.53 bits per heavy atom. The number of carbonyl (C=O) groups is 2. The van der Waals surface area contributed by atoms with Crippen molar-refractivity contribution in [3.63, 3.8) is 0 Å². The van der Waals surface area contributed by atoms with E-state index in [-0.39, 0.29) is 17.9 Å². The maximum atomic E-state index is 13.3. The van der Waals surface area contributed by atoms with Crippen molar-refractivity contribution in [1.29, 1.82) is 0 Å². The zero-order valence-corrected chi connectivity index (χ0v) is 9.87. The monoisotopic (exact) mass is 240 g/mol. The van der Waals surface area contributed by atoms with Crippen LogP contribution in [0.3, 0.4) is 0 Å². The fourth-order valence-electron chi connectivity index (χ4n) is 1.31. The van der Waals surface area contributed by atoms with Gasteiger partial charge in [0, 0.05) is 0 Å². The van der Waals surface area contributed by atoms with Gasteiger partial charge in [-0.2, -0.15) is 0 Å². The highest BCUT2D eigenvalue weighted by atomic mass is 19.1. The van der Waals surface area contributed by atoms with Gasteiger partial charge in [-0.25, -0.2) is 9.18 Å². The van der Waals surface area contributed by atoms with E-state index in [0.717, 1.165) is 6.07 Å². The molecule has 0 amide bonds. The molecule has 0 unspecified atom stereocenters. The highest BCUT2D eigenvalue weighted by molar-refractivity contribution is 6.41. The largest absolute Gasteiger partial charge is 0.496 e. The number of carbonyl (C=O) groups excluding carboxylic acids is 2.